The summed E-state index contributed by atoms with van der Waals surface area (Å²) in [5.41, 5.74) is 0. The molecular formula is C5H11N. The molecule has 0 aromatic rings. The summed E-state index contributed by atoms with van der Waals surface area (Å²) in [4.78, 5) is 0. The van der Waals surface area contributed by atoms with E-state index >= 15 is 0 Å². The van der Waals surface area contributed by atoms with Crippen LogP contribution in [0.1, 0.15) is 24.7 Å². The Labute approximate surface area is 45.8 Å². The van der Waals surface area contributed by atoms with Crippen LogP contribution < -0.4 is 5.31 Å². The Kier molecular flexibility index (Phi) is 0.445. The molecule has 1 aliphatic heterocycles. The van der Waals surface area contributed by atoms with E-state index in [2.05, 4.69) is 0 Å². The van der Waals surface area contributed by atoms with E-state index in [1.807, 2.05) is 0 Å². The van der Waals surface area contributed by atoms with E-state index in [0.717, 1.165) is 0 Å². The van der Waals surface area contributed by atoms with Crippen LogP contribution in [0.3, 0.4) is 0 Å². The standard InChI is InChI=1S/C5H11N/c1-2-4-6-5-3-1/h6H,1-5H2/i2D2,4D2/hD. The lowest BCUT2D eigenvalue weighted by Crippen LogP contribution is -2.21. The third kappa shape index (κ3) is 0.977. The smallest absolute Gasteiger partial charge is 0.122 e. The van der Waals surface area contributed by atoms with Crippen LogP contribution in [0.15, 0.2) is 0 Å². The summed E-state index contributed by atoms with van der Waals surface area (Å²) in [6.45, 7) is -1.82. The van der Waals surface area contributed by atoms with E-state index < -0.39 is 12.9 Å². The zero-order chi connectivity index (χ0) is 8.70. The SMILES string of the molecule is [2H]N1CCCC([2H])([2H])C1([2H])[2H]. The fourth-order valence-electron chi connectivity index (χ4n) is 0.414. The first-order valence-electron chi connectivity index (χ1n) is 4.59. The summed E-state index contributed by atoms with van der Waals surface area (Å²) in [5.74, 6) is 0. The third-order valence-electron chi connectivity index (χ3n) is 0.730. The van der Waals surface area contributed by atoms with E-state index in [1.165, 1.54) is 0 Å². The van der Waals surface area contributed by atoms with Crippen molar-refractivity contribution in [2.75, 3.05) is 13.0 Å². The van der Waals surface area contributed by atoms with Gasteiger partial charge in [-0.1, -0.05) is 6.42 Å². The highest BCUT2D eigenvalue weighted by atomic mass is 14.9. The van der Waals surface area contributed by atoms with Gasteiger partial charge in [0.15, 0.2) is 0 Å². The maximum absolute atomic E-state index is 7.29. The minimum atomic E-state index is -2.13. The van der Waals surface area contributed by atoms with E-state index in [1.54, 1.807) is 0 Å². The molecule has 0 aliphatic carbocycles. The predicted octanol–water partition coefficient (Wildman–Crippen LogP) is 0.760. The summed E-state index contributed by atoms with van der Waals surface area (Å²) >= 11 is 0. The lowest BCUT2D eigenvalue weighted by Gasteiger charge is -2.08. The van der Waals surface area contributed by atoms with Crippen LogP contribution in [0.2, 0.25) is 1.41 Å². The van der Waals surface area contributed by atoms with Crippen LogP contribution in [0.4, 0.5) is 0 Å². The Balaban J connectivity index is 2.82. The molecule has 0 aromatic heterocycles. The van der Waals surface area contributed by atoms with Gasteiger partial charge < -0.3 is 5.31 Å². The van der Waals surface area contributed by atoms with Crippen molar-refractivity contribution >= 4 is 0 Å². The largest absolute Gasteiger partial charge is 0.317 e. The fraction of sp³-hybridized carbons (Fsp3) is 1.00. The van der Waals surface area contributed by atoms with E-state index in [4.69, 9.17) is 6.89 Å². The van der Waals surface area contributed by atoms with Crippen LogP contribution in [-0.4, -0.2) is 13.0 Å². The van der Waals surface area contributed by atoms with Crippen LogP contribution in [-0.2, 0) is 0 Å². The topological polar surface area (TPSA) is 12.0 Å². The van der Waals surface area contributed by atoms with Crippen molar-refractivity contribution in [3.05, 3.63) is 0 Å². The van der Waals surface area contributed by atoms with Gasteiger partial charge in [0, 0.05) is 5.48 Å². The van der Waals surface area contributed by atoms with Gasteiger partial charge in [-0.3, -0.25) is 0 Å². The normalized spacial score (nSPS) is 56.3. The van der Waals surface area contributed by atoms with Gasteiger partial charge in [-0.2, -0.15) is 0 Å². The predicted molar refractivity (Wildman–Crippen MR) is 26.7 cm³/mol. The van der Waals surface area contributed by atoms with Crippen LogP contribution >= 0.6 is 0 Å². The molecule has 0 radical (unpaired) electrons. The molecule has 0 unspecified atom stereocenters. The van der Waals surface area contributed by atoms with E-state index in [-0.39, 0.29) is 6.42 Å². The maximum Gasteiger partial charge on any atom is 0.122 e. The van der Waals surface area contributed by atoms with Crippen LogP contribution in [0.5, 0.6) is 0 Å². The average Bonchev–Trinajstić information content (AvgIpc) is 1.84. The molecule has 0 amide bonds. The van der Waals surface area contributed by atoms with Crippen molar-refractivity contribution in [2.24, 2.45) is 0 Å². The van der Waals surface area contributed by atoms with Gasteiger partial charge >= 0.3 is 0 Å². The Morgan fingerprint density at radius 3 is 3.33 bits per heavy atom. The maximum atomic E-state index is 7.29. The summed E-state index contributed by atoms with van der Waals surface area (Å²) in [6, 6.07) is 0. The number of piperidine rings is 1. The van der Waals surface area contributed by atoms with Crippen molar-refractivity contribution in [1.82, 2.24) is 5.31 Å². The first kappa shape index (κ1) is 1.22. The monoisotopic (exact) mass is 90.1 g/mol. The molecule has 1 N–H and O–H groups in total. The van der Waals surface area contributed by atoms with E-state index in [9.17, 15) is 0 Å². The summed E-state index contributed by atoms with van der Waals surface area (Å²) in [5, 5.41) is 0.691. The molecule has 1 fully saturated rings. The first-order chi connectivity index (χ1) is 4.88. The third-order valence-corrected chi connectivity index (χ3v) is 0.730. The highest BCUT2D eigenvalue weighted by Gasteiger charge is 1.93. The summed E-state index contributed by atoms with van der Waals surface area (Å²) < 4.78 is 36.3. The Hall–Kier alpha value is -0.0400. The fourth-order valence-corrected chi connectivity index (χ4v) is 0.414. The van der Waals surface area contributed by atoms with Crippen molar-refractivity contribution < 1.29 is 6.89 Å². The summed E-state index contributed by atoms with van der Waals surface area (Å²) in [7, 11) is 0. The molecule has 0 saturated carbocycles. The van der Waals surface area contributed by atoms with Crippen molar-refractivity contribution in [3.8, 4) is 0 Å². The molecule has 6 heavy (non-hydrogen) atoms. The van der Waals surface area contributed by atoms with Crippen molar-refractivity contribution in [1.29, 1.82) is 0 Å². The number of hydrogen-bond acceptors (Lipinski definition) is 1. The molecule has 1 heteroatoms. The van der Waals surface area contributed by atoms with Gasteiger partial charge in [0.05, 0.1) is 0 Å². The Morgan fingerprint density at radius 2 is 2.67 bits per heavy atom. The lowest BCUT2D eigenvalue weighted by atomic mass is 10.2. The van der Waals surface area contributed by atoms with Crippen LogP contribution in [0.25, 0.3) is 0 Å². The average molecular weight is 90.2 g/mol. The Morgan fingerprint density at radius 1 is 1.67 bits per heavy atom. The minimum Gasteiger partial charge on any atom is -0.317 e. The number of nitrogens with one attached hydrogen (secondary N) is 1. The second kappa shape index (κ2) is 2.19. The molecule has 0 spiro atoms. The van der Waals surface area contributed by atoms with Gasteiger partial charge in [0.1, 0.15) is 1.41 Å². The quantitative estimate of drug-likeness (QED) is 0.463. The molecule has 1 nitrogen and oxygen atoms in total. The van der Waals surface area contributed by atoms with Crippen molar-refractivity contribution in [2.45, 2.75) is 19.2 Å². The zero-order valence-corrected chi connectivity index (χ0v) is 3.57. The molecule has 1 saturated heterocycles. The minimum absolute atomic E-state index is 0.204. The molecule has 0 bridgehead atoms. The highest BCUT2D eigenvalue weighted by molar-refractivity contribution is 4.55. The lowest BCUT2D eigenvalue weighted by molar-refractivity contribution is 0.520. The Bertz CT molecular complexity index is 157. The molecule has 0 aromatic carbocycles. The molecule has 1 heterocycles. The van der Waals surface area contributed by atoms with Crippen molar-refractivity contribution in [3.63, 3.8) is 0 Å². The first-order valence-corrected chi connectivity index (χ1v) is 2.14. The van der Waals surface area contributed by atoms with Gasteiger partial charge in [-0.25, -0.2) is 0 Å². The number of hydrogen-bond donors (Lipinski definition) is 1. The van der Waals surface area contributed by atoms with Gasteiger partial charge in [0.2, 0.25) is 0 Å². The zero-order valence-electron chi connectivity index (χ0n) is 8.57. The molecular weight excluding hydrogens is 74.1 g/mol. The van der Waals surface area contributed by atoms with Gasteiger partial charge in [0.25, 0.3) is 0 Å². The van der Waals surface area contributed by atoms with Crippen LogP contribution in [0, 0.1) is 0 Å². The van der Waals surface area contributed by atoms with Gasteiger partial charge in [-0.15, -0.1) is 0 Å². The second-order valence-electron chi connectivity index (χ2n) is 1.27. The second-order valence-corrected chi connectivity index (χ2v) is 1.27. The van der Waals surface area contributed by atoms with Gasteiger partial charge in [-0.05, 0) is 25.8 Å². The molecule has 1 rings (SSSR count). The number of rotatable bonds is 0. The molecule has 36 valence electrons. The molecule has 1 aliphatic rings. The highest BCUT2D eigenvalue weighted by Crippen LogP contribution is 1.96. The molecule has 0 atom stereocenters. The summed E-state index contributed by atoms with van der Waals surface area (Å²) in [6.07, 6.45) is -1.13. The van der Waals surface area contributed by atoms with E-state index in [0.29, 0.717) is 18.3 Å².